The molecule has 3 aromatic rings. The molecule has 152 valence electrons. The second-order valence-electron chi connectivity index (χ2n) is 6.32. The van der Waals surface area contributed by atoms with Crippen molar-refractivity contribution in [3.05, 3.63) is 42.0 Å². The van der Waals surface area contributed by atoms with Crippen molar-refractivity contribution in [3.8, 4) is 0 Å². The summed E-state index contributed by atoms with van der Waals surface area (Å²) in [5.74, 6) is 0. The summed E-state index contributed by atoms with van der Waals surface area (Å²) < 4.78 is 49.7. The summed E-state index contributed by atoms with van der Waals surface area (Å²) in [6.45, 7) is 2.64. The maximum Gasteiger partial charge on any atom is 0.418 e. The number of halogens is 3. The van der Waals surface area contributed by atoms with Crippen LogP contribution < -0.4 is 15.5 Å². The molecule has 0 saturated carbocycles. The van der Waals surface area contributed by atoms with Crippen LogP contribution in [0, 0.1) is 0 Å². The molecule has 2 aromatic carbocycles. The molecule has 1 aliphatic rings. The second-order valence-corrected chi connectivity index (χ2v) is 6.72. The first-order valence-electron chi connectivity index (χ1n) is 8.75. The van der Waals surface area contributed by atoms with Crippen LogP contribution in [-0.2, 0) is 10.9 Å². The van der Waals surface area contributed by atoms with Gasteiger partial charge in [-0.25, -0.2) is 4.63 Å². The molecule has 2 N–H and O–H groups in total. The van der Waals surface area contributed by atoms with Gasteiger partial charge in [0.25, 0.3) is 0 Å². The fourth-order valence-corrected chi connectivity index (χ4v) is 3.35. The van der Waals surface area contributed by atoms with E-state index in [0.29, 0.717) is 43.0 Å². The smallest absolute Gasteiger partial charge is 0.378 e. The minimum Gasteiger partial charge on any atom is -0.378 e. The Labute approximate surface area is 168 Å². The molecule has 0 amide bonds. The lowest BCUT2D eigenvalue weighted by Crippen LogP contribution is -2.36. The van der Waals surface area contributed by atoms with Gasteiger partial charge in [-0.1, -0.05) is 12.1 Å². The number of para-hydroxylation sites is 1. The van der Waals surface area contributed by atoms with Crippen molar-refractivity contribution in [2.45, 2.75) is 6.18 Å². The SMILES string of the molecule is FC(F)(F)c1ccccc1NC(=S)Nc1ccc(N2CCOCC2)c2nonc12. The number of hydrogen-bond acceptors (Lipinski definition) is 6. The van der Waals surface area contributed by atoms with Crippen LogP contribution in [0.25, 0.3) is 11.0 Å². The molecule has 0 unspecified atom stereocenters. The van der Waals surface area contributed by atoms with E-state index in [1.807, 2.05) is 6.07 Å². The molecule has 0 aliphatic carbocycles. The lowest BCUT2D eigenvalue weighted by Gasteiger charge is -2.28. The molecule has 2 heterocycles. The van der Waals surface area contributed by atoms with E-state index in [4.69, 9.17) is 21.6 Å². The van der Waals surface area contributed by atoms with E-state index in [2.05, 4.69) is 25.8 Å². The third kappa shape index (κ3) is 4.10. The van der Waals surface area contributed by atoms with Gasteiger partial charge in [0, 0.05) is 13.1 Å². The fraction of sp³-hybridized carbons (Fsp3) is 0.278. The molecule has 0 spiro atoms. The zero-order chi connectivity index (χ0) is 20.4. The number of nitrogens with zero attached hydrogens (tertiary/aromatic N) is 3. The molecular formula is C18H16F3N5O2S. The number of benzene rings is 2. The number of fused-ring (bicyclic) bond motifs is 1. The maximum atomic E-state index is 13.2. The minimum absolute atomic E-state index is 0.00915. The number of thiocarbonyl (C=S) groups is 1. The van der Waals surface area contributed by atoms with Crippen LogP contribution in [0.15, 0.2) is 41.0 Å². The molecule has 4 rings (SSSR count). The van der Waals surface area contributed by atoms with E-state index in [1.54, 1.807) is 6.07 Å². The number of ether oxygens (including phenoxy) is 1. The molecule has 0 bridgehead atoms. The highest BCUT2D eigenvalue weighted by Crippen LogP contribution is 2.35. The van der Waals surface area contributed by atoms with Gasteiger partial charge in [0.05, 0.1) is 35.8 Å². The summed E-state index contributed by atoms with van der Waals surface area (Å²) in [7, 11) is 0. The number of alkyl halides is 3. The molecule has 1 aromatic heterocycles. The fourth-order valence-electron chi connectivity index (χ4n) is 3.13. The lowest BCUT2D eigenvalue weighted by atomic mass is 10.1. The zero-order valence-electron chi connectivity index (χ0n) is 15.0. The van der Waals surface area contributed by atoms with Crippen molar-refractivity contribution >= 4 is 45.4 Å². The first kappa shape index (κ1) is 19.4. The molecular weight excluding hydrogens is 407 g/mol. The van der Waals surface area contributed by atoms with E-state index < -0.39 is 11.7 Å². The summed E-state index contributed by atoms with van der Waals surface area (Å²) in [5.41, 5.74) is 1.34. The Morgan fingerprint density at radius 2 is 1.66 bits per heavy atom. The van der Waals surface area contributed by atoms with Gasteiger partial charge >= 0.3 is 6.18 Å². The van der Waals surface area contributed by atoms with Gasteiger partial charge in [0.15, 0.2) is 16.1 Å². The minimum atomic E-state index is -4.50. The molecule has 1 saturated heterocycles. The Kier molecular flexibility index (Phi) is 5.24. The van der Waals surface area contributed by atoms with Crippen molar-refractivity contribution in [2.24, 2.45) is 0 Å². The van der Waals surface area contributed by atoms with Gasteiger partial charge in [-0.2, -0.15) is 13.2 Å². The molecule has 1 aliphatic heterocycles. The molecule has 0 atom stereocenters. The lowest BCUT2D eigenvalue weighted by molar-refractivity contribution is -0.136. The Balaban J connectivity index is 1.56. The van der Waals surface area contributed by atoms with Crippen molar-refractivity contribution in [3.63, 3.8) is 0 Å². The highest BCUT2D eigenvalue weighted by Gasteiger charge is 2.33. The molecule has 11 heteroatoms. The van der Waals surface area contributed by atoms with Gasteiger partial charge < -0.3 is 20.3 Å². The zero-order valence-corrected chi connectivity index (χ0v) is 15.8. The van der Waals surface area contributed by atoms with Crippen LogP contribution in [0.5, 0.6) is 0 Å². The summed E-state index contributed by atoms with van der Waals surface area (Å²) in [5, 5.41) is 13.3. The van der Waals surface area contributed by atoms with Crippen LogP contribution in [0.4, 0.5) is 30.2 Å². The highest BCUT2D eigenvalue weighted by molar-refractivity contribution is 7.80. The van der Waals surface area contributed by atoms with Gasteiger partial charge in [-0.05, 0) is 46.8 Å². The van der Waals surface area contributed by atoms with Gasteiger partial charge in [0.1, 0.15) is 0 Å². The standard InChI is InChI=1S/C18H16F3N5O2S/c19-18(20,21)11-3-1-2-4-12(11)22-17(29)23-13-5-6-14(16-15(13)24-28-25-16)26-7-9-27-10-8-26/h1-6H,7-10H2,(H2,22,23,29). The molecule has 7 nitrogen and oxygen atoms in total. The van der Waals surface area contributed by atoms with E-state index in [1.165, 1.54) is 18.2 Å². The van der Waals surface area contributed by atoms with Crippen molar-refractivity contribution < 1.29 is 22.5 Å². The first-order valence-corrected chi connectivity index (χ1v) is 9.16. The predicted octanol–water partition coefficient (Wildman–Crippen LogP) is 3.89. The van der Waals surface area contributed by atoms with Crippen molar-refractivity contribution in [2.75, 3.05) is 41.8 Å². The number of rotatable bonds is 3. The van der Waals surface area contributed by atoms with Gasteiger partial charge in [-0.3, -0.25) is 0 Å². The number of morpholine rings is 1. The number of nitrogens with one attached hydrogen (secondary N) is 2. The van der Waals surface area contributed by atoms with E-state index in [0.717, 1.165) is 11.8 Å². The van der Waals surface area contributed by atoms with Crippen LogP contribution in [0.2, 0.25) is 0 Å². The van der Waals surface area contributed by atoms with Gasteiger partial charge in [0.2, 0.25) is 0 Å². The van der Waals surface area contributed by atoms with Crippen molar-refractivity contribution in [1.82, 2.24) is 10.3 Å². The Morgan fingerprint density at radius 1 is 0.966 bits per heavy atom. The number of aromatic nitrogens is 2. The molecule has 29 heavy (non-hydrogen) atoms. The average Bonchev–Trinajstić information content (AvgIpc) is 3.19. The van der Waals surface area contributed by atoms with Crippen LogP contribution in [0.1, 0.15) is 5.56 Å². The number of anilines is 3. The van der Waals surface area contributed by atoms with Crippen LogP contribution >= 0.6 is 12.2 Å². The first-order chi connectivity index (χ1) is 13.9. The normalized spacial score (nSPS) is 14.8. The van der Waals surface area contributed by atoms with Crippen LogP contribution in [-0.4, -0.2) is 41.7 Å². The molecule has 1 fully saturated rings. The molecule has 0 radical (unpaired) electrons. The largest absolute Gasteiger partial charge is 0.418 e. The Bertz CT molecular complexity index is 1030. The highest BCUT2D eigenvalue weighted by atomic mass is 32.1. The summed E-state index contributed by atoms with van der Waals surface area (Å²) in [4.78, 5) is 2.11. The quantitative estimate of drug-likeness (QED) is 0.615. The average molecular weight is 423 g/mol. The summed E-state index contributed by atoms with van der Waals surface area (Å²) >= 11 is 5.20. The Morgan fingerprint density at radius 3 is 2.41 bits per heavy atom. The monoisotopic (exact) mass is 423 g/mol. The topological polar surface area (TPSA) is 75.5 Å². The third-order valence-electron chi connectivity index (χ3n) is 4.47. The summed E-state index contributed by atoms with van der Waals surface area (Å²) in [6.07, 6.45) is -4.50. The van der Waals surface area contributed by atoms with Crippen LogP contribution in [0.3, 0.4) is 0 Å². The predicted molar refractivity (Wildman–Crippen MR) is 106 cm³/mol. The summed E-state index contributed by atoms with van der Waals surface area (Å²) in [6, 6.07) is 8.69. The van der Waals surface area contributed by atoms with Crippen molar-refractivity contribution in [1.29, 1.82) is 0 Å². The third-order valence-corrected chi connectivity index (χ3v) is 4.68. The Hall–Kier alpha value is -2.92. The maximum absolute atomic E-state index is 13.2. The van der Waals surface area contributed by atoms with E-state index >= 15 is 0 Å². The van der Waals surface area contributed by atoms with E-state index in [-0.39, 0.29) is 10.8 Å². The second kappa shape index (κ2) is 7.84. The van der Waals surface area contributed by atoms with Gasteiger partial charge in [-0.15, -0.1) is 0 Å². The van der Waals surface area contributed by atoms with E-state index in [9.17, 15) is 13.2 Å². The number of hydrogen-bond donors (Lipinski definition) is 2.